The summed E-state index contributed by atoms with van der Waals surface area (Å²) in [7, 11) is 0. The summed E-state index contributed by atoms with van der Waals surface area (Å²) >= 11 is 5.35. The molecule has 3 unspecified atom stereocenters. The predicted molar refractivity (Wildman–Crippen MR) is 213 cm³/mol. The minimum Gasteiger partial charge on any atom is -0.491 e. The third kappa shape index (κ3) is 7.86. The van der Waals surface area contributed by atoms with Crippen molar-refractivity contribution in [2.75, 3.05) is 13.2 Å². The largest absolute Gasteiger partial charge is 0.491 e. The number of fused-ring (bicyclic) bond motifs is 3. The van der Waals surface area contributed by atoms with Crippen LogP contribution in [0.5, 0.6) is 11.5 Å². The number of hydrogen-bond donors (Lipinski definition) is 0. The molecule has 4 aromatic rings. The van der Waals surface area contributed by atoms with Gasteiger partial charge in [-0.3, -0.25) is 0 Å². The fourth-order valence-corrected chi connectivity index (χ4v) is 10.8. The lowest BCUT2D eigenvalue weighted by Crippen LogP contribution is -2.12. The lowest BCUT2D eigenvalue weighted by atomic mass is 9.80. The normalized spacial score (nSPS) is 14.9. The summed E-state index contributed by atoms with van der Waals surface area (Å²) < 4.78 is 32.2. The highest BCUT2D eigenvalue weighted by atomic mass is 32.1. The first-order valence-electron chi connectivity index (χ1n) is 19.1. The van der Waals surface area contributed by atoms with Crippen LogP contribution in [0.25, 0.3) is 41.3 Å². The quantitative estimate of drug-likeness (QED) is 0.0857. The maximum atomic E-state index is 16.1. The number of halogens is 1. The zero-order valence-electron chi connectivity index (χ0n) is 30.9. The van der Waals surface area contributed by atoms with Gasteiger partial charge in [-0.15, -0.1) is 34.0 Å². The molecule has 3 aromatic heterocycles. The van der Waals surface area contributed by atoms with Crippen LogP contribution in [0, 0.1) is 31.6 Å². The van der Waals surface area contributed by atoms with Gasteiger partial charge in [0.1, 0.15) is 17.3 Å². The Morgan fingerprint density at radius 1 is 0.646 bits per heavy atom. The van der Waals surface area contributed by atoms with E-state index >= 15 is 4.39 Å². The Hall–Kier alpha value is -1.89. The molecule has 0 fully saturated rings. The van der Waals surface area contributed by atoms with Gasteiger partial charge in [-0.1, -0.05) is 106 Å². The van der Waals surface area contributed by atoms with Gasteiger partial charge in [0.15, 0.2) is 0 Å². The monoisotopic (exact) mass is 710 g/mol. The van der Waals surface area contributed by atoms with E-state index in [-0.39, 0.29) is 5.83 Å². The summed E-state index contributed by atoms with van der Waals surface area (Å²) in [5, 5.41) is 2.29. The predicted octanol–water partition coefficient (Wildman–Crippen LogP) is 15.4. The highest BCUT2D eigenvalue weighted by molar-refractivity contribution is 7.27. The molecule has 2 nitrogen and oxygen atoms in total. The van der Waals surface area contributed by atoms with Crippen LogP contribution < -0.4 is 9.47 Å². The SMILES string of the molecule is CCCCC(CC)COc1c2cc(-c3sc(C)c4c3C(F)=C4CC(CC)CCCC)sc2c(OCC(CC)CCCC)c2cc(C)sc12. The zero-order valence-corrected chi connectivity index (χ0v) is 33.4. The molecule has 0 aliphatic heterocycles. The minimum absolute atomic E-state index is 0.0322. The first-order valence-corrected chi connectivity index (χ1v) is 21.5. The third-order valence-corrected chi connectivity index (χ3v) is 14.1. The van der Waals surface area contributed by atoms with Crippen molar-refractivity contribution in [2.24, 2.45) is 17.8 Å². The molecule has 0 saturated heterocycles. The van der Waals surface area contributed by atoms with Crippen molar-refractivity contribution in [3.05, 3.63) is 33.0 Å². The highest BCUT2D eigenvalue weighted by Crippen LogP contribution is 2.58. The van der Waals surface area contributed by atoms with Gasteiger partial charge in [0, 0.05) is 36.5 Å². The molecule has 0 bridgehead atoms. The molecule has 0 radical (unpaired) electrons. The van der Waals surface area contributed by atoms with Crippen LogP contribution in [0.2, 0.25) is 0 Å². The van der Waals surface area contributed by atoms with Gasteiger partial charge in [0.2, 0.25) is 0 Å². The van der Waals surface area contributed by atoms with E-state index in [1.165, 1.54) is 83.2 Å². The van der Waals surface area contributed by atoms with Crippen LogP contribution in [0.15, 0.2) is 12.1 Å². The summed E-state index contributed by atoms with van der Waals surface area (Å²) in [6.45, 7) is 19.4. The number of thiophene rings is 3. The van der Waals surface area contributed by atoms with Gasteiger partial charge in [-0.05, 0) is 68.6 Å². The number of aryl methyl sites for hydroxylation is 2. The van der Waals surface area contributed by atoms with E-state index < -0.39 is 0 Å². The molecule has 3 heterocycles. The van der Waals surface area contributed by atoms with E-state index in [1.54, 1.807) is 22.7 Å². The lowest BCUT2D eigenvalue weighted by Gasteiger charge is -2.25. The van der Waals surface area contributed by atoms with Gasteiger partial charge in [-0.25, -0.2) is 4.39 Å². The molecule has 1 aliphatic carbocycles. The third-order valence-electron chi connectivity index (χ3n) is 10.6. The van der Waals surface area contributed by atoms with E-state index in [0.29, 0.717) is 17.8 Å². The molecule has 264 valence electrons. The summed E-state index contributed by atoms with van der Waals surface area (Å²) in [4.78, 5) is 4.72. The highest BCUT2D eigenvalue weighted by Gasteiger charge is 2.36. The van der Waals surface area contributed by atoms with E-state index in [4.69, 9.17) is 9.47 Å². The fraction of sp³-hybridized carbons (Fsp3) is 0.619. The molecule has 0 saturated carbocycles. The van der Waals surface area contributed by atoms with E-state index in [0.717, 1.165) is 81.4 Å². The second-order valence-corrected chi connectivity index (χ2v) is 17.8. The molecule has 0 N–H and O–H groups in total. The Labute approximate surface area is 302 Å². The Morgan fingerprint density at radius 3 is 1.71 bits per heavy atom. The Kier molecular flexibility index (Phi) is 13.5. The van der Waals surface area contributed by atoms with Gasteiger partial charge in [-0.2, -0.15) is 0 Å². The summed E-state index contributed by atoms with van der Waals surface area (Å²) in [5.41, 5.74) is 3.00. The first kappa shape index (κ1) is 37.4. The fourth-order valence-electron chi connectivity index (χ4n) is 7.33. The first-order chi connectivity index (χ1) is 23.3. The number of benzene rings is 1. The number of hydrogen-bond acceptors (Lipinski definition) is 5. The average molecular weight is 711 g/mol. The van der Waals surface area contributed by atoms with Crippen molar-refractivity contribution in [3.63, 3.8) is 0 Å². The van der Waals surface area contributed by atoms with Crippen LogP contribution in [0.1, 0.15) is 146 Å². The van der Waals surface area contributed by atoms with Crippen LogP contribution in [0.4, 0.5) is 4.39 Å². The smallest absolute Gasteiger partial charge is 0.146 e. The Morgan fingerprint density at radius 2 is 1.17 bits per heavy atom. The van der Waals surface area contributed by atoms with Gasteiger partial charge >= 0.3 is 0 Å². The maximum absolute atomic E-state index is 16.1. The summed E-state index contributed by atoms with van der Waals surface area (Å²) in [5.74, 6) is 3.64. The molecular formula is C42H59FO2S3. The standard InChI is InChI=1S/C42H59FO2S3/c1-9-15-18-28(12-4)22-31-35-27(8)47-42(36(35)37(31)43)34-23-33-39(45-25-30(14-6)20-17-11-3)40-32(21-26(7)46-40)38(41(33)48-34)44-24-29(13-5)19-16-10-2/h21,23,28-30H,9-20,22,24-25H2,1-8H3. The number of rotatable bonds is 21. The van der Waals surface area contributed by atoms with E-state index in [9.17, 15) is 0 Å². The van der Waals surface area contributed by atoms with Crippen molar-refractivity contribution in [1.29, 1.82) is 0 Å². The Bertz CT molecular complexity index is 1610. The van der Waals surface area contributed by atoms with Gasteiger partial charge < -0.3 is 9.47 Å². The van der Waals surface area contributed by atoms with Crippen LogP contribution >= 0.6 is 34.0 Å². The molecule has 48 heavy (non-hydrogen) atoms. The van der Waals surface area contributed by atoms with Gasteiger partial charge in [0.05, 0.1) is 27.5 Å². The topological polar surface area (TPSA) is 18.5 Å². The van der Waals surface area contributed by atoms with Gasteiger partial charge in [0.25, 0.3) is 0 Å². The second-order valence-electron chi connectivity index (χ2n) is 14.2. The lowest BCUT2D eigenvalue weighted by molar-refractivity contribution is 0.235. The minimum atomic E-state index is 0.0322. The number of ether oxygens (including phenoxy) is 2. The van der Waals surface area contributed by atoms with Crippen LogP contribution in [-0.4, -0.2) is 13.2 Å². The summed E-state index contributed by atoms with van der Waals surface area (Å²) in [6.07, 6.45) is 15.1. The molecule has 0 amide bonds. The van der Waals surface area contributed by atoms with E-state index in [2.05, 4.69) is 67.5 Å². The van der Waals surface area contributed by atoms with E-state index in [1.807, 2.05) is 11.3 Å². The zero-order chi connectivity index (χ0) is 34.4. The van der Waals surface area contributed by atoms with Crippen molar-refractivity contribution in [3.8, 4) is 21.3 Å². The summed E-state index contributed by atoms with van der Waals surface area (Å²) in [6, 6.07) is 4.59. The second kappa shape index (κ2) is 17.4. The molecule has 5 rings (SSSR count). The van der Waals surface area contributed by atoms with Crippen molar-refractivity contribution < 1.29 is 13.9 Å². The van der Waals surface area contributed by atoms with Crippen molar-refractivity contribution >= 4 is 65.6 Å². The number of allylic oxidation sites excluding steroid dienone is 1. The molecular weight excluding hydrogens is 652 g/mol. The molecule has 1 aromatic carbocycles. The molecule has 0 spiro atoms. The van der Waals surface area contributed by atoms with Crippen molar-refractivity contribution in [1.82, 2.24) is 0 Å². The average Bonchev–Trinajstić information content (AvgIpc) is 3.78. The maximum Gasteiger partial charge on any atom is 0.146 e. The molecule has 3 atom stereocenters. The number of unbranched alkanes of at least 4 members (excludes halogenated alkanes) is 3. The molecule has 6 heteroatoms. The van der Waals surface area contributed by atoms with Crippen LogP contribution in [-0.2, 0) is 0 Å². The van der Waals surface area contributed by atoms with Crippen LogP contribution in [0.3, 0.4) is 0 Å². The van der Waals surface area contributed by atoms with Crippen molar-refractivity contribution in [2.45, 2.75) is 139 Å². The Balaban J connectivity index is 1.59. The molecule has 1 aliphatic rings.